The number of esters is 1. The van der Waals surface area contributed by atoms with Crippen LogP contribution in [0.4, 0.5) is 5.69 Å². The summed E-state index contributed by atoms with van der Waals surface area (Å²) in [6.45, 7) is 3.57. The smallest absolute Gasteiger partial charge is 0.306 e. The van der Waals surface area contributed by atoms with Crippen molar-refractivity contribution in [3.05, 3.63) is 12.4 Å². The third kappa shape index (κ3) is 5.48. The van der Waals surface area contributed by atoms with Gasteiger partial charge >= 0.3 is 5.97 Å². The average molecular weight is 309 g/mol. The molecule has 1 aromatic rings. The standard InChI is InChI=1S/C15H23N3O4/c1-2-21-15(20)7-6-14(19)17-12-9-16-18(10-12)11-13-5-3-4-8-22-13/h9-10,13H,2-8,11H2,1H3,(H,17,19)/t13-/m0/s1. The lowest BCUT2D eigenvalue weighted by Gasteiger charge is -2.22. The van der Waals surface area contributed by atoms with E-state index in [-0.39, 0.29) is 30.8 Å². The number of rotatable bonds is 7. The van der Waals surface area contributed by atoms with Crippen LogP contribution in [0.3, 0.4) is 0 Å². The van der Waals surface area contributed by atoms with Gasteiger partial charge in [-0.3, -0.25) is 14.3 Å². The summed E-state index contributed by atoms with van der Waals surface area (Å²) in [5.41, 5.74) is 0.629. The highest BCUT2D eigenvalue weighted by atomic mass is 16.5. The highest BCUT2D eigenvalue weighted by Crippen LogP contribution is 2.15. The van der Waals surface area contributed by atoms with Gasteiger partial charge in [-0.2, -0.15) is 5.10 Å². The SMILES string of the molecule is CCOC(=O)CCC(=O)Nc1cnn(C[C@@H]2CCCCO2)c1. The number of ether oxygens (including phenoxy) is 2. The summed E-state index contributed by atoms with van der Waals surface area (Å²) in [6, 6.07) is 0. The number of aromatic nitrogens is 2. The highest BCUT2D eigenvalue weighted by molar-refractivity contribution is 5.92. The number of carbonyl (C=O) groups is 2. The van der Waals surface area contributed by atoms with Gasteiger partial charge in [0.2, 0.25) is 5.91 Å². The van der Waals surface area contributed by atoms with E-state index < -0.39 is 0 Å². The molecule has 0 aromatic carbocycles. The molecular weight excluding hydrogens is 286 g/mol. The molecule has 0 bridgehead atoms. The minimum Gasteiger partial charge on any atom is -0.466 e. The van der Waals surface area contributed by atoms with E-state index >= 15 is 0 Å². The van der Waals surface area contributed by atoms with E-state index in [1.54, 1.807) is 24.0 Å². The summed E-state index contributed by atoms with van der Waals surface area (Å²) in [6.07, 6.45) is 7.12. The molecule has 122 valence electrons. The zero-order valence-corrected chi connectivity index (χ0v) is 12.9. The number of hydrogen-bond donors (Lipinski definition) is 1. The van der Waals surface area contributed by atoms with Gasteiger partial charge in [0.15, 0.2) is 0 Å². The predicted molar refractivity (Wildman–Crippen MR) is 80.3 cm³/mol. The van der Waals surface area contributed by atoms with Crippen molar-refractivity contribution in [2.24, 2.45) is 0 Å². The first-order valence-electron chi connectivity index (χ1n) is 7.77. The van der Waals surface area contributed by atoms with Crippen molar-refractivity contribution in [1.82, 2.24) is 9.78 Å². The zero-order chi connectivity index (χ0) is 15.8. The first-order valence-corrected chi connectivity index (χ1v) is 7.77. The molecule has 0 radical (unpaired) electrons. The Morgan fingerprint density at radius 2 is 2.32 bits per heavy atom. The number of carbonyl (C=O) groups excluding carboxylic acids is 2. The van der Waals surface area contributed by atoms with E-state index in [4.69, 9.17) is 9.47 Å². The van der Waals surface area contributed by atoms with Gasteiger partial charge in [-0.25, -0.2) is 0 Å². The maximum Gasteiger partial charge on any atom is 0.306 e. The fourth-order valence-corrected chi connectivity index (χ4v) is 2.36. The van der Waals surface area contributed by atoms with E-state index in [0.717, 1.165) is 19.4 Å². The molecule has 1 aliphatic rings. The summed E-state index contributed by atoms with van der Waals surface area (Å²) in [5.74, 6) is -0.579. The molecule has 1 atom stereocenters. The van der Waals surface area contributed by atoms with Crippen molar-refractivity contribution >= 4 is 17.6 Å². The first-order chi connectivity index (χ1) is 10.7. The Hall–Kier alpha value is -1.89. The third-order valence-electron chi connectivity index (χ3n) is 3.44. The van der Waals surface area contributed by atoms with Crippen molar-refractivity contribution < 1.29 is 19.1 Å². The molecule has 1 saturated heterocycles. The lowest BCUT2D eigenvalue weighted by Crippen LogP contribution is -2.24. The zero-order valence-electron chi connectivity index (χ0n) is 12.9. The molecule has 1 aliphatic heterocycles. The fourth-order valence-electron chi connectivity index (χ4n) is 2.36. The van der Waals surface area contributed by atoms with Gasteiger partial charge in [-0.05, 0) is 26.2 Å². The van der Waals surface area contributed by atoms with Crippen LogP contribution in [-0.2, 0) is 25.6 Å². The minimum atomic E-state index is -0.359. The average Bonchev–Trinajstić information content (AvgIpc) is 2.93. The van der Waals surface area contributed by atoms with E-state index in [0.29, 0.717) is 18.8 Å². The summed E-state index contributed by atoms with van der Waals surface area (Å²) in [5, 5.41) is 6.94. The van der Waals surface area contributed by atoms with Crippen molar-refractivity contribution in [2.75, 3.05) is 18.5 Å². The Labute approximate surface area is 130 Å². The van der Waals surface area contributed by atoms with Crippen LogP contribution in [0.5, 0.6) is 0 Å². The van der Waals surface area contributed by atoms with Gasteiger partial charge in [0, 0.05) is 19.2 Å². The van der Waals surface area contributed by atoms with Crippen molar-refractivity contribution in [3.8, 4) is 0 Å². The second kappa shape index (κ2) is 8.53. The molecule has 0 saturated carbocycles. The van der Waals surface area contributed by atoms with Crippen molar-refractivity contribution in [1.29, 1.82) is 0 Å². The van der Waals surface area contributed by atoms with Crippen LogP contribution in [0.1, 0.15) is 39.0 Å². The molecule has 1 N–H and O–H groups in total. The molecule has 7 heteroatoms. The third-order valence-corrected chi connectivity index (χ3v) is 3.44. The van der Waals surface area contributed by atoms with E-state index in [1.807, 2.05) is 0 Å². The van der Waals surface area contributed by atoms with Crippen molar-refractivity contribution in [2.45, 2.75) is 51.7 Å². The summed E-state index contributed by atoms with van der Waals surface area (Å²) >= 11 is 0. The number of amides is 1. The molecule has 0 unspecified atom stereocenters. The number of anilines is 1. The fraction of sp³-hybridized carbons (Fsp3) is 0.667. The molecule has 0 spiro atoms. The second-order valence-corrected chi connectivity index (χ2v) is 5.29. The quantitative estimate of drug-likeness (QED) is 0.776. The van der Waals surface area contributed by atoms with Gasteiger partial charge in [0.25, 0.3) is 0 Å². The van der Waals surface area contributed by atoms with E-state index in [2.05, 4.69) is 10.4 Å². The monoisotopic (exact) mass is 309 g/mol. The highest BCUT2D eigenvalue weighted by Gasteiger charge is 2.15. The Bertz CT molecular complexity index is 495. The first kappa shape index (κ1) is 16.5. The molecule has 2 rings (SSSR count). The normalized spacial score (nSPS) is 18.0. The lowest BCUT2D eigenvalue weighted by molar-refractivity contribution is -0.144. The van der Waals surface area contributed by atoms with Crippen LogP contribution in [0, 0.1) is 0 Å². The Kier molecular flexibility index (Phi) is 6.39. The molecule has 0 aliphatic carbocycles. The molecule has 1 fully saturated rings. The predicted octanol–water partition coefficient (Wildman–Crippen LogP) is 1.73. The molecular formula is C15H23N3O4. The van der Waals surface area contributed by atoms with Crippen LogP contribution < -0.4 is 5.32 Å². The minimum absolute atomic E-state index is 0.0870. The van der Waals surface area contributed by atoms with Gasteiger partial charge in [0.05, 0.1) is 37.6 Å². The summed E-state index contributed by atoms with van der Waals surface area (Å²) in [7, 11) is 0. The Morgan fingerprint density at radius 1 is 1.45 bits per heavy atom. The lowest BCUT2D eigenvalue weighted by atomic mass is 10.1. The molecule has 2 heterocycles. The Morgan fingerprint density at radius 3 is 3.05 bits per heavy atom. The van der Waals surface area contributed by atoms with E-state index in [1.165, 1.54) is 6.42 Å². The van der Waals surface area contributed by atoms with Gasteiger partial charge < -0.3 is 14.8 Å². The van der Waals surface area contributed by atoms with Gasteiger partial charge in [-0.15, -0.1) is 0 Å². The van der Waals surface area contributed by atoms with Crippen LogP contribution >= 0.6 is 0 Å². The van der Waals surface area contributed by atoms with Gasteiger partial charge in [-0.1, -0.05) is 0 Å². The number of hydrogen-bond acceptors (Lipinski definition) is 5. The van der Waals surface area contributed by atoms with Crippen LogP contribution in [-0.4, -0.2) is 41.0 Å². The van der Waals surface area contributed by atoms with Crippen LogP contribution in [0.15, 0.2) is 12.4 Å². The van der Waals surface area contributed by atoms with Crippen LogP contribution in [0.2, 0.25) is 0 Å². The topological polar surface area (TPSA) is 82.5 Å². The molecule has 22 heavy (non-hydrogen) atoms. The van der Waals surface area contributed by atoms with Crippen LogP contribution in [0.25, 0.3) is 0 Å². The number of nitrogens with one attached hydrogen (secondary N) is 1. The van der Waals surface area contributed by atoms with E-state index in [9.17, 15) is 9.59 Å². The molecule has 1 amide bonds. The largest absolute Gasteiger partial charge is 0.466 e. The van der Waals surface area contributed by atoms with Gasteiger partial charge in [0.1, 0.15) is 0 Å². The maximum absolute atomic E-state index is 11.7. The molecule has 1 aromatic heterocycles. The second-order valence-electron chi connectivity index (χ2n) is 5.29. The molecule has 7 nitrogen and oxygen atoms in total. The Balaban J connectivity index is 1.73. The summed E-state index contributed by atoms with van der Waals surface area (Å²) < 4.78 is 12.2. The summed E-state index contributed by atoms with van der Waals surface area (Å²) in [4.78, 5) is 22.9. The maximum atomic E-state index is 11.7. The van der Waals surface area contributed by atoms with Crippen molar-refractivity contribution in [3.63, 3.8) is 0 Å². The number of nitrogens with zero attached hydrogens (tertiary/aromatic N) is 2.